The van der Waals surface area contributed by atoms with Crippen LogP contribution < -0.4 is 46.6 Å². The summed E-state index contributed by atoms with van der Waals surface area (Å²) in [6, 6.07) is 25.7. The van der Waals surface area contributed by atoms with Crippen LogP contribution in [0.5, 0.6) is 0 Å². The number of aromatic amines is 3. The minimum absolute atomic E-state index is 0.217. The number of anilines is 12. The second-order valence-corrected chi connectivity index (χ2v) is 27.2. The van der Waals surface area contributed by atoms with Gasteiger partial charge in [-0.05, 0) is 171 Å². The molecule has 6 aliphatic rings. The normalized spacial score (nSPS) is 20.1. The molecule has 12 aromatic heterocycles. The summed E-state index contributed by atoms with van der Waals surface area (Å²) in [7, 11) is 0. The Morgan fingerprint density at radius 2 is 0.725 bits per heavy atom. The standard InChI is InChI=1S/3C23H24FN9O/c3*1-23(21(34)26-15-7-8-18(24)25-13-15)9-3-10-32(23)22-28-20(17-4-2-11-33(17)31-22)27-19-12-16(29-30-19)14-5-6-14/h3*2,4,7-8,11-14H,3,5-6,9-10H2,1H3,(H,26,34)(H2,27,28,29,30,31)/t3*23-/m000/s1. The lowest BCUT2D eigenvalue weighted by Gasteiger charge is -2.34. The Labute approximate surface area is 580 Å². The maximum atomic E-state index is 13.3. The minimum Gasteiger partial charge on any atom is -0.325 e. The van der Waals surface area contributed by atoms with Gasteiger partial charge in [-0.3, -0.25) is 29.7 Å². The van der Waals surface area contributed by atoms with Crippen molar-refractivity contribution in [3.63, 3.8) is 0 Å². The van der Waals surface area contributed by atoms with E-state index >= 15 is 0 Å². The molecule has 3 aliphatic heterocycles. The molecule has 0 bridgehead atoms. The average Bonchev–Trinajstić information content (AvgIpc) is 1.50. The lowest BCUT2D eigenvalue weighted by atomic mass is 9.97. The SMILES string of the molecule is C[C@@]1(C(=O)Nc2ccc(F)nc2)CCCN1c1nc(Nc2cc(C3CC3)[nH]n2)c2cccn2n1.C[C@@]1(C(=O)Nc2ccc(F)nc2)CCCN1c1nc(Nc2cc(C3CC3)[nH]n2)c2cccn2n1.C[C@@]1(C(=O)Nc2ccc(F)nc2)CCCN1c1nc(Nc2cc(C3CC3)[nH]n2)c2cccn2n1. The van der Waals surface area contributed by atoms with Crippen LogP contribution in [0.15, 0.2) is 128 Å². The largest absolute Gasteiger partial charge is 0.325 e. The summed E-state index contributed by atoms with van der Waals surface area (Å²) in [4.78, 5) is 70.9. The van der Waals surface area contributed by atoms with E-state index in [0.29, 0.717) is 126 Å². The Kier molecular flexibility index (Phi) is 16.6. The zero-order valence-electron chi connectivity index (χ0n) is 55.9. The van der Waals surface area contributed by atoms with Crippen LogP contribution in [0.25, 0.3) is 16.6 Å². The number of nitrogens with one attached hydrogen (secondary N) is 9. The van der Waals surface area contributed by atoms with E-state index in [1.165, 1.54) is 93.5 Å². The molecule has 15 heterocycles. The molecule has 9 N–H and O–H groups in total. The maximum absolute atomic E-state index is 13.3. The van der Waals surface area contributed by atoms with Gasteiger partial charge in [-0.2, -0.15) is 43.4 Å². The van der Waals surface area contributed by atoms with Gasteiger partial charge in [-0.25, -0.2) is 28.5 Å². The highest BCUT2D eigenvalue weighted by Crippen LogP contribution is 2.44. The van der Waals surface area contributed by atoms with Gasteiger partial charge in [0.15, 0.2) is 34.9 Å². The van der Waals surface area contributed by atoms with Crippen molar-refractivity contribution in [2.24, 2.45) is 0 Å². The molecule has 0 aromatic carbocycles. The highest BCUT2D eigenvalue weighted by atomic mass is 19.1. The fraction of sp³-hybridized carbons (Fsp3) is 0.348. The molecule has 102 heavy (non-hydrogen) atoms. The van der Waals surface area contributed by atoms with Crippen molar-refractivity contribution in [2.75, 3.05) is 66.2 Å². The smallest absolute Gasteiger partial charge is 0.250 e. The molecule has 0 unspecified atom stereocenters. The molecule has 3 saturated heterocycles. The average molecular weight is 1380 g/mol. The lowest BCUT2D eigenvalue weighted by molar-refractivity contribution is -0.121. The number of aromatic nitrogens is 18. The summed E-state index contributed by atoms with van der Waals surface area (Å²) in [6.07, 6.45) is 20.9. The van der Waals surface area contributed by atoms with Gasteiger partial charge < -0.3 is 46.6 Å². The van der Waals surface area contributed by atoms with Crippen molar-refractivity contribution >= 4 is 104 Å². The van der Waals surface area contributed by atoms with Crippen LogP contribution in [0.4, 0.5) is 83.0 Å². The first kappa shape index (κ1) is 64.6. The van der Waals surface area contributed by atoms with E-state index in [1.54, 1.807) is 13.5 Å². The Morgan fingerprint density at radius 1 is 0.431 bits per heavy atom. The van der Waals surface area contributed by atoms with Crippen molar-refractivity contribution in [1.29, 1.82) is 0 Å². The van der Waals surface area contributed by atoms with Crippen LogP contribution in [0, 0.1) is 17.8 Å². The number of rotatable bonds is 18. The maximum Gasteiger partial charge on any atom is 0.250 e. The number of carbonyl (C=O) groups is 3. The molecule has 12 aromatic rings. The fourth-order valence-corrected chi connectivity index (χ4v) is 13.5. The van der Waals surface area contributed by atoms with Crippen LogP contribution in [0.2, 0.25) is 0 Å². The first-order chi connectivity index (χ1) is 49.5. The molecule has 3 aliphatic carbocycles. The second kappa shape index (κ2) is 26.2. The van der Waals surface area contributed by atoms with E-state index in [-0.39, 0.29) is 17.7 Å². The number of fused-ring (bicyclic) bond motifs is 3. The van der Waals surface area contributed by atoms with Crippen LogP contribution in [-0.4, -0.2) is 143 Å². The number of amides is 3. The molecule has 0 radical (unpaired) electrons. The van der Waals surface area contributed by atoms with E-state index in [9.17, 15) is 27.6 Å². The predicted molar refractivity (Wildman–Crippen MR) is 374 cm³/mol. The van der Waals surface area contributed by atoms with E-state index < -0.39 is 34.5 Å². The Bertz CT molecular complexity index is 4580. The summed E-state index contributed by atoms with van der Waals surface area (Å²) < 4.78 is 44.7. The van der Waals surface area contributed by atoms with E-state index in [0.717, 1.165) is 52.9 Å². The fourth-order valence-electron chi connectivity index (χ4n) is 13.5. The molecular formula is C69H72F3N27O3. The second-order valence-electron chi connectivity index (χ2n) is 27.2. The van der Waals surface area contributed by atoms with Crippen molar-refractivity contribution < 1.29 is 27.6 Å². The van der Waals surface area contributed by atoms with Gasteiger partial charge in [0.05, 0.1) is 35.7 Å². The van der Waals surface area contributed by atoms with Crippen LogP contribution in [0.1, 0.15) is 133 Å². The molecule has 18 rings (SSSR count). The number of hydrogen-bond donors (Lipinski definition) is 9. The number of carbonyl (C=O) groups excluding carboxylic acids is 3. The van der Waals surface area contributed by atoms with Crippen molar-refractivity contribution in [3.8, 4) is 0 Å². The molecule has 3 amide bonds. The van der Waals surface area contributed by atoms with Crippen molar-refractivity contribution in [2.45, 2.75) is 132 Å². The molecule has 3 atom stereocenters. The topological polar surface area (TPSA) is 348 Å². The van der Waals surface area contributed by atoms with Gasteiger partial charge in [0.25, 0.3) is 0 Å². The molecular weight excluding hydrogens is 1310 g/mol. The molecule has 30 nitrogen and oxygen atoms in total. The summed E-state index contributed by atoms with van der Waals surface area (Å²) in [5.41, 5.74) is 4.49. The van der Waals surface area contributed by atoms with Gasteiger partial charge in [-0.1, -0.05) is 0 Å². The van der Waals surface area contributed by atoms with Crippen molar-refractivity contribution in [1.82, 2.24) is 89.3 Å². The van der Waals surface area contributed by atoms with Gasteiger partial charge in [0.1, 0.15) is 33.2 Å². The third kappa shape index (κ3) is 13.1. The lowest BCUT2D eigenvalue weighted by Crippen LogP contribution is -2.51. The molecule has 33 heteroatoms. The quantitative estimate of drug-likeness (QED) is 0.0360. The molecule has 3 saturated carbocycles. The van der Waals surface area contributed by atoms with Gasteiger partial charge >= 0.3 is 0 Å². The summed E-state index contributed by atoms with van der Waals surface area (Å²) in [5.74, 6) is 4.51. The number of nitrogens with zero attached hydrogens (tertiary/aromatic N) is 18. The molecule has 0 spiro atoms. The zero-order valence-corrected chi connectivity index (χ0v) is 55.9. The first-order valence-corrected chi connectivity index (χ1v) is 34.1. The number of pyridine rings is 3. The van der Waals surface area contributed by atoms with E-state index in [1.807, 2.05) is 109 Å². The van der Waals surface area contributed by atoms with E-state index in [2.05, 4.69) is 92.7 Å². The first-order valence-electron chi connectivity index (χ1n) is 34.1. The Balaban J connectivity index is 0.000000118. The van der Waals surface area contributed by atoms with Crippen LogP contribution in [0.3, 0.4) is 0 Å². The minimum atomic E-state index is -0.877. The van der Waals surface area contributed by atoms with Crippen LogP contribution in [-0.2, 0) is 14.4 Å². The third-order valence-electron chi connectivity index (χ3n) is 19.8. The Hall–Kier alpha value is -12.1. The van der Waals surface area contributed by atoms with Crippen LogP contribution >= 0.6 is 0 Å². The van der Waals surface area contributed by atoms with E-state index in [4.69, 9.17) is 15.0 Å². The summed E-state index contributed by atoms with van der Waals surface area (Å²) in [6.45, 7) is 7.51. The summed E-state index contributed by atoms with van der Waals surface area (Å²) >= 11 is 0. The number of halogens is 3. The summed E-state index contributed by atoms with van der Waals surface area (Å²) in [5, 5.41) is 55.0. The van der Waals surface area contributed by atoms with Gasteiger partial charge in [0, 0.05) is 91.3 Å². The monoisotopic (exact) mass is 1380 g/mol. The highest BCUT2D eigenvalue weighted by Gasteiger charge is 2.48. The van der Waals surface area contributed by atoms with Gasteiger partial charge in [-0.15, -0.1) is 15.3 Å². The molecule has 522 valence electrons. The zero-order chi connectivity index (χ0) is 69.9. The van der Waals surface area contributed by atoms with Crippen molar-refractivity contribution in [3.05, 3.63) is 163 Å². The number of H-pyrrole nitrogens is 3. The van der Waals surface area contributed by atoms with Gasteiger partial charge in [0.2, 0.25) is 53.4 Å². The Morgan fingerprint density at radius 3 is 0.990 bits per heavy atom. The highest BCUT2D eigenvalue weighted by molar-refractivity contribution is 6.02. The predicted octanol–water partition coefficient (Wildman–Crippen LogP) is 10.8. The molecule has 6 fully saturated rings. The number of hydrogen-bond acceptors (Lipinski definition) is 21. The third-order valence-corrected chi connectivity index (χ3v) is 19.8.